The molecule has 8 heterocycles. The van der Waals surface area contributed by atoms with Gasteiger partial charge in [0, 0.05) is 118 Å². The lowest BCUT2D eigenvalue weighted by molar-refractivity contribution is -0.141. The van der Waals surface area contributed by atoms with E-state index >= 15 is 0 Å². The quantitative estimate of drug-likeness (QED) is 0.0787. The molecule has 4 aliphatic heterocycles. The highest BCUT2D eigenvalue weighted by molar-refractivity contribution is 5.91. The largest absolute Gasteiger partial charge is 0.507 e. The molecule has 0 spiro atoms. The lowest BCUT2D eigenvalue weighted by Crippen LogP contribution is -2.54. The highest BCUT2D eigenvalue weighted by atomic mass is 16.5. The number of para-hydroxylation sites is 1. The van der Waals surface area contributed by atoms with Crippen LogP contribution in [0.4, 0.5) is 17.2 Å². The van der Waals surface area contributed by atoms with E-state index < -0.39 is 24.1 Å². The number of nitrogens with two attached hydrogens (primary N) is 1. The fourth-order valence-corrected chi connectivity index (χ4v) is 12.0. The van der Waals surface area contributed by atoms with E-state index in [9.17, 15) is 24.6 Å². The second kappa shape index (κ2) is 22.8. The molecular formula is C58H69N11O9. The van der Waals surface area contributed by atoms with Gasteiger partial charge in [-0.3, -0.25) is 23.9 Å². The van der Waals surface area contributed by atoms with Crippen LogP contribution in [-0.2, 0) is 14.3 Å². The van der Waals surface area contributed by atoms with Crippen molar-refractivity contribution in [2.75, 3.05) is 61.4 Å². The molecule has 2 bridgehead atoms. The number of pyridine rings is 2. The maximum absolute atomic E-state index is 14.2. The van der Waals surface area contributed by atoms with Crippen molar-refractivity contribution in [3.05, 3.63) is 125 Å². The van der Waals surface area contributed by atoms with Gasteiger partial charge in [-0.1, -0.05) is 44.2 Å². The minimum Gasteiger partial charge on any atom is -0.507 e. The number of hydrogen-bond acceptors (Lipinski definition) is 17. The molecule has 4 saturated heterocycles. The summed E-state index contributed by atoms with van der Waals surface area (Å²) >= 11 is 0. The molecule has 4 aromatic heterocycles. The topological polar surface area (TPSA) is 240 Å². The van der Waals surface area contributed by atoms with Crippen LogP contribution in [0.1, 0.15) is 89.0 Å². The predicted octanol–water partition coefficient (Wildman–Crippen LogP) is 5.87. The van der Waals surface area contributed by atoms with Crippen LogP contribution in [0, 0.1) is 5.92 Å². The number of hydrogen-bond donors (Lipinski definition) is 4. The molecule has 1 aliphatic carbocycles. The van der Waals surface area contributed by atoms with Crippen molar-refractivity contribution in [2.45, 2.75) is 120 Å². The van der Waals surface area contributed by atoms with Crippen molar-refractivity contribution in [1.82, 2.24) is 40.0 Å². The highest BCUT2D eigenvalue weighted by Crippen LogP contribution is 2.41. The second-order valence-corrected chi connectivity index (χ2v) is 21.8. The summed E-state index contributed by atoms with van der Waals surface area (Å²) in [6.07, 6.45) is 8.79. The number of β-amino-alcohol motifs (C(OH)–C–C–N with tert-alkyl or cyclic N) is 1. The third-order valence-corrected chi connectivity index (χ3v) is 16.2. The van der Waals surface area contributed by atoms with Crippen molar-refractivity contribution in [3.63, 3.8) is 0 Å². The standard InChI is InChI=1S/C58H69N11O9/c1-35(2)55(58(74)68-34-42(70)27-49(68)57(73)61-36(3)37-11-13-38(14-12-37)67-21-7-6-10-54(67)72)51-31-53(64-78-51)75-25-24-65-22-18-43(19-23-65)76-44-28-45(29-44)77-52-26-39(17-20-60-52)69-40-15-16-41(69)33-66(32-40)48-30-47(62-63-56(48)59)46-8-4-5-9-50(46)71/h4-14,17,20-21,26,30-31,35-36,40-45,49,55,70-71H,15-16,18-19,22-25,27-29,32-34H2,1-3H3,(H2,59,63)(H,61,73)/t36-,40+,41?,42+,44?,45?,49-,55-/m0/s1. The first-order chi connectivity index (χ1) is 37.8. The number of aromatic nitrogens is 5. The number of aromatic hydroxyl groups is 1. The first-order valence-corrected chi connectivity index (χ1v) is 27.4. The predicted molar refractivity (Wildman–Crippen MR) is 292 cm³/mol. The van der Waals surface area contributed by atoms with Crippen LogP contribution >= 0.6 is 0 Å². The second-order valence-electron chi connectivity index (χ2n) is 21.8. The van der Waals surface area contributed by atoms with Crippen molar-refractivity contribution >= 4 is 29.0 Å². The van der Waals surface area contributed by atoms with Gasteiger partial charge >= 0.3 is 0 Å². The molecule has 2 amide bonds. The van der Waals surface area contributed by atoms with Crippen LogP contribution in [0.5, 0.6) is 17.5 Å². The van der Waals surface area contributed by atoms with Gasteiger partial charge in [-0.25, -0.2) is 4.98 Å². The minimum absolute atomic E-state index is 0.0227. The van der Waals surface area contributed by atoms with Crippen LogP contribution in [0.25, 0.3) is 16.9 Å². The Morgan fingerprint density at radius 2 is 1.59 bits per heavy atom. The third kappa shape index (κ3) is 11.4. The SMILES string of the molecule is CC(C)[C@H](C(=O)N1C[C@H](O)C[C@H]1C(=O)N[C@@H](C)c1ccc(-n2ccccc2=O)cc1)c1cc(OCCN2CCC(OC3CC(Oc4cc(N5C6CC[C@@H]5CN(c5cc(-c7ccccc7O)nnc5N)C6)ccn4)C3)CC2)no1. The van der Waals surface area contributed by atoms with Crippen LogP contribution in [-0.4, -0.2) is 145 Å². The third-order valence-electron chi connectivity index (χ3n) is 16.2. The maximum Gasteiger partial charge on any atom is 0.255 e. The number of fused-ring (bicyclic) bond motifs is 2. The zero-order chi connectivity index (χ0) is 54.0. The number of nitrogens with zero attached hydrogens (tertiary/aromatic N) is 9. The smallest absolute Gasteiger partial charge is 0.255 e. The monoisotopic (exact) mass is 1060 g/mol. The number of piperidine rings is 1. The molecule has 410 valence electrons. The summed E-state index contributed by atoms with van der Waals surface area (Å²) in [5.74, 6) is 0.159. The average molecular weight is 1060 g/mol. The summed E-state index contributed by atoms with van der Waals surface area (Å²) < 4.78 is 26.3. The van der Waals surface area contributed by atoms with Crippen molar-refractivity contribution in [3.8, 4) is 34.5 Å². The van der Waals surface area contributed by atoms with Gasteiger partial charge in [0.1, 0.15) is 30.4 Å². The number of aliphatic hydroxyl groups excluding tert-OH is 1. The van der Waals surface area contributed by atoms with Crippen LogP contribution in [0.2, 0.25) is 0 Å². The number of phenolic OH excluding ortho intramolecular Hbond substituents is 1. The van der Waals surface area contributed by atoms with Crippen LogP contribution in [0.15, 0.2) is 113 Å². The number of piperazine rings is 1. The molecule has 5 N–H and O–H groups in total. The number of nitrogens with one attached hydrogen (secondary N) is 1. The first-order valence-electron chi connectivity index (χ1n) is 27.4. The number of carbonyl (C=O) groups excluding carboxylic acids is 2. The molecule has 6 aromatic rings. The number of carbonyl (C=O) groups is 2. The molecular weight excluding hydrogens is 995 g/mol. The fourth-order valence-electron chi connectivity index (χ4n) is 12.0. The molecule has 1 saturated carbocycles. The number of nitrogen functional groups attached to an aromatic ring is 1. The maximum atomic E-state index is 14.2. The van der Waals surface area contributed by atoms with E-state index in [-0.39, 0.29) is 78.3 Å². The fraction of sp³-hybridized carbons (Fsp3) is 0.466. The van der Waals surface area contributed by atoms with E-state index in [4.69, 9.17) is 24.5 Å². The molecule has 20 nitrogen and oxygen atoms in total. The van der Waals surface area contributed by atoms with Crippen LogP contribution < -0.4 is 35.9 Å². The number of amides is 2. The van der Waals surface area contributed by atoms with E-state index in [1.54, 1.807) is 41.1 Å². The van der Waals surface area contributed by atoms with E-state index in [1.807, 2.05) is 69.4 Å². The van der Waals surface area contributed by atoms with Gasteiger partial charge in [0.25, 0.3) is 11.4 Å². The van der Waals surface area contributed by atoms with Gasteiger partial charge in [0.05, 0.1) is 35.7 Å². The first kappa shape index (κ1) is 52.5. The molecule has 78 heavy (non-hydrogen) atoms. The molecule has 11 rings (SSSR count). The summed E-state index contributed by atoms with van der Waals surface area (Å²) in [4.78, 5) is 53.5. The van der Waals surface area contributed by atoms with Crippen molar-refractivity contribution < 1.29 is 38.5 Å². The number of benzene rings is 2. The number of likely N-dealkylation sites (tertiary alicyclic amines) is 2. The Kier molecular flexibility index (Phi) is 15.4. The number of rotatable bonds is 18. The molecule has 5 aliphatic rings. The molecule has 2 aromatic carbocycles. The van der Waals surface area contributed by atoms with E-state index in [0.29, 0.717) is 47.6 Å². The lowest BCUT2D eigenvalue weighted by atomic mass is 9.91. The Bertz CT molecular complexity index is 3110. The van der Waals surface area contributed by atoms with Crippen molar-refractivity contribution in [1.29, 1.82) is 0 Å². The summed E-state index contributed by atoms with van der Waals surface area (Å²) in [6.45, 7) is 10.1. The highest BCUT2D eigenvalue weighted by Gasteiger charge is 2.45. The Labute approximate surface area is 453 Å². The van der Waals surface area contributed by atoms with Crippen LogP contribution in [0.3, 0.4) is 0 Å². The van der Waals surface area contributed by atoms with Gasteiger partial charge in [0.2, 0.25) is 17.7 Å². The minimum atomic E-state index is -0.873. The zero-order valence-electron chi connectivity index (χ0n) is 44.3. The Morgan fingerprint density at radius 1 is 0.833 bits per heavy atom. The summed E-state index contributed by atoms with van der Waals surface area (Å²) in [5, 5.41) is 36.9. The van der Waals surface area contributed by atoms with Gasteiger partial charge in [-0.15, -0.1) is 10.2 Å². The van der Waals surface area contributed by atoms with E-state index in [0.717, 1.165) is 81.6 Å². The summed E-state index contributed by atoms with van der Waals surface area (Å²) in [5.41, 5.74) is 10.9. The lowest BCUT2D eigenvalue weighted by Gasteiger charge is -2.43. The molecule has 0 radical (unpaired) electrons. The van der Waals surface area contributed by atoms with Gasteiger partial charge in [-0.05, 0) is 91.7 Å². The number of anilines is 3. The number of aliphatic hydroxyl groups is 1. The Morgan fingerprint density at radius 3 is 2.33 bits per heavy atom. The molecule has 6 atom stereocenters. The Balaban J connectivity index is 0.602. The number of ether oxygens (including phenoxy) is 3. The summed E-state index contributed by atoms with van der Waals surface area (Å²) in [6, 6.07) is 26.5. The van der Waals surface area contributed by atoms with Gasteiger partial charge in [-0.2, -0.15) is 0 Å². The van der Waals surface area contributed by atoms with E-state index in [2.05, 4.69) is 52.5 Å². The van der Waals surface area contributed by atoms with Gasteiger partial charge < -0.3 is 54.7 Å². The van der Waals surface area contributed by atoms with Gasteiger partial charge in [0.15, 0.2) is 11.6 Å². The summed E-state index contributed by atoms with van der Waals surface area (Å²) in [7, 11) is 0. The number of phenols is 1. The molecule has 5 fully saturated rings. The normalized spacial score (nSPS) is 23.3. The van der Waals surface area contributed by atoms with Crippen molar-refractivity contribution in [2.24, 2.45) is 5.92 Å². The average Bonchev–Trinajstić information content (AvgIpc) is 4.21. The van der Waals surface area contributed by atoms with E-state index in [1.165, 1.54) is 11.0 Å². The molecule has 20 heteroatoms. The zero-order valence-corrected chi connectivity index (χ0v) is 44.3. The molecule has 1 unspecified atom stereocenters. The Hall–Kier alpha value is -7.55.